The van der Waals surface area contributed by atoms with Gasteiger partial charge in [0.2, 0.25) is 0 Å². The normalized spacial score (nSPS) is 10.8. The molecular formula is C6H2BrCl2F2N. The van der Waals surface area contributed by atoms with Crippen molar-refractivity contribution in [3.63, 3.8) is 0 Å². The smallest absolute Gasteiger partial charge is 0.252 e. The van der Waals surface area contributed by atoms with E-state index in [0.717, 1.165) is 6.20 Å². The lowest BCUT2D eigenvalue weighted by Crippen LogP contribution is -1.92. The lowest BCUT2D eigenvalue weighted by Gasteiger charge is -2.04. The fourth-order valence-corrected chi connectivity index (χ4v) is 1.50. The van der Waals surface area contributed by atoms with Crippen LogP contribution in [0.25, 0.3) is 0 Å². The first kappa shape index (κ1) is 10.2. The second-order valence-electron chi connectivity index (χ2n) is 1.92. The molecule has 0 radical (unpaired) electrons. The summed E-state index contributed by atoms with van der Waals surface area (Å²) in [7, 11) is 0. The summed E-state index contributed by atoms with van der Waals surface area (Å²) >= 11 is 14.0. The van der Waals surface area contributed by atoms with E-state index in [1.54, 1.807) is 0 Å². The zero-order chi connectivity index (χ0) is 9.30. The number of halogens is 5. The van der Waals surface area contributed by atoms with Crippen LogP contribution in [0, 0.1) is 0 Å². The van der Waals surface area contributed by atoms with Crippen LogP contribution in [0.15, 0.2) is 10.7 Å². The molecule has 1 aromatic rings. The van der Waals surface area contributed by atoms with Gasteiger partial charge in [0.15, 0.2) is 0 Å². The van der Waals surface area contributed by atoms with Crippen LogP contribution in [-0.2, 0) is 0 Å². The first-order valence-corrected chi connectivity index (χ1v) is 4.36. The summed E-state index contributed by atoms with van der Waals surface area (Å²) in [4.78, 5) is 3.42. The molecule has 1 aromatic heterocycles. The van der Waals surface area contributed by atoms with Crippen molar-refractivity contribution in [3.8, 4) is 0 Å². The van der Waals surface area contributed by atoms with Crippen LogP contribution in [0.3, 0.4) is 0 Å². The molecule has 0 saturated heterocycles. The van der Waals surface area contributed by atoms with E-state index in [0.29, 0.717) is 0 Å². The third-order valence-electron chi connectivity index (χ3n) is 1.15. The fourth-order valence-electron chi connectivity index (χ4n) is 0.609. The van der Waals surface area contributed by atoms with Crippen molar-refractivity contribution in [1.82, 2.24) is 4.98 Å². The third kappa shape index (κ3) is 1.87. The molecule has 0 aliphatic heterocycles. The van der Waals surface area contributed by atoms with Gasteiger partial charge in [0.05, 0.1) is 14.5 Å². The van der Waals surface area contributed by atoms with Gasteiger partial charge in [-0.3, -0.25) is 4.98 Å². The average Bonchev–Trinajstić information content (AvgIpc) is 2.00. The molecule has 6 heteroatoms. The number of hydrogen-bond donors (Lipinski definition) is 0. The standard InChI is InChI=1S/C6H2BrCl2F2N/c7-3-4(9)2(8)1-12-5(3)6(10)11/h1,6H. The lowest BCUT2D eigenvalue weighted by atomic mass is 10.3. The van der Waals surface area contributed by atoms with E-state index in [9.17, 15) is 8.78 Å². The van der Waals surface area contributed by atoms with Crippen LogP contribution in [-0.4, -0.2) is 4.98 Å². The van der Waals surface area contributed by atoms with Crippen LogP contribution >= 0.6 is 39.1 Å². The molecule has 0 aliphatic rings. The number of aromatic nitrogens is 1. The zero-order valence-electron chi connectivity index (χ0n) is 5.49. The van der Waals surface area contributed by atoms with Gasteiger partial charge in [-0.2, -0.15) is 0 Å². The van der Waals surface area contributed by atoms with E-state index in [2.05, 4.69) is 20.9 Å². The van der Waals surface area contributed by atoms with Crippen molar-refractivity contribution < 1.29 is 8.78 Å². The molecule has 66 valence electrons. The van der Waals surface area contributed by atoms with Crippen molar-refractivity contribution in [2.45, 2.75) is 6.43 Å². The zero-order valence-corrected chi connectivity index (χ0v) is 8.59. The molecular weight excluding hydrogens is 275 g/mol. The Morgan fingerprint density at radius 1 is 1.42 bits per heavy atom. The maximum Gasteiger partial charge on any atom is 0.281 e. The van der Waals surface area contributed by atoms with Crippen molar-refractivity contribution >= 4 is 39.1 Å². The van der Waals surface area contributed by atoms with Crippen LogP contribution in [0.1, 0.15) is 12.1 Å². The van der Waals surface area contributed by atoms with Gasteiger partial charge in [0.25, 0.3) is 6.43 Å². The van der Waals surface area contributed by atoms with Crippen molar-refractivity contribution in [1.29, 1.82) is 0 Å². The molecule has 1 nitrogen and oxygen atoms in total. The van der Waals surface area contributed by atoms with E-state index in [-0.39, 0.29) is 14.5 Å². The number of nitrogens with zero attached hydrogens (tertiary/aromatic N) is 1. The molecule has 0 N–H and O–H groups in total. The molecule has 0 spiro atoms. The summed E-state index contributed by atoms with van der Waals surface area (Å²) in [5.74, 6) is 0. The van der Waals surface area contributed by atoms with Gasteiger partial charge in [-0.25, -0.2) is 8.78 Å². The highest BCUT2D eigenvalue weighted by molar-refractivity contribution is 9.10. The summed E-state index contributed by atoms with van der Waals surface area (Å²) in [5.41, 5.74) is -0.399. The topological polar surface area (TPSA) is 12.9 Å². The summed E-state index contributed by atoms with van der Waals surface area (Å²) in [6.07, 6.45) is -1.56. The number of hydrogen-bond acceptors (Lipinski definition) is 1. The minimum Gasteiger partial charge on any atom is -0.252 e. The Morgan fingerprint density at radius 3 is 2.50 bits per heavy atom. The maximum absolute atomic E-state index is 12.1. The van der Waals surface area contributed by atoms with Gasteiger partial charge in [-0.05, 0) is 15.9 Å². The summed E-state index contributed by atoms with van der Waals surface area (Å²) < 4.78 is 24.3. The van der Waals surface area contributed by atoms with Crippen LogP contribution in [0.2, 0.25) is 10.0 Å². The Labute approximate surface area is 85.8 Å². The molecule has 0 unspecified atom stereocenters. The van der Waals surface area contributed by atoms with Gasteiger partial charge in [-0.1, -0.05) is 23.2 Å². The minimum absolute atomic E-state index is 0.0478. The maximum atomic E-state index is 12.1. The molecule has 0 amide bonds. The molecule has 1 rings (SSSR count). The second kappa shape index (κ2) is 3.85. The molecule has 0 saturated carbocycles. The molecule has 12 heavy (non-hydrogen) atoms. The first-order valence-electron chi connectivity index (χ1n) is 2.81. The fraction of sp³-hybridized carbons (Fsp3) is 0.167. The predicted octanol–water partition coefficient (Wildman–Crippen LogP) is 4.09. The van der Waals surface area contributed by atoms with E-state index < -0.39 is 12.1 Å². The Balaban J connectivity index is 3.27. The molecule has 0 atom stereocenters. The second-order valence-corrected chi connectivity index (χ2v) is 3.50. The Bertz CT molecular complexity index is 306. The van der Waals surface area contributed by atoms with Gasteiger partial charge in [-0.15, -0.1) is 0 Å². The molecule has 0 bridgehead atoms. The number of alkyl halides is 2. The van der Waals surface area contributed by atoms with Crippen LogP contribution in [0.4, 0.5) is 8.78 Å². The highest BCUT2D eigenvalue weighted by atomic mass is 79.9. The predicted molar refractivity (Wildman–Crippen MR) is 46.9 cm³/mol. The van der Waals surface area contributed by atoms with Gasteiger partial charge in [0.1, 0.15) is 5.69 Å². The van der Waals surface area contributed by atoms with Gasteiger partial charge < -0.3 is 0 Å². The van der Waals surface area contributed by atoms with E-state index >= 15 is 0 Å². The lowest BCUT2D eigenvalue weighted by molar-refractivity contribution is 0.145. The molecule has 0 fully saturated rings. The van der Waals surface area contributed by atoms with E-state index in [4.69, 9.17) is 23.2 Å². The van der Waals surface area contributed by atoms with E-state index in [1.165, 1.54) is 0 Å². The van der Waals surface area contributed by atoms with Crippen LogP contribution < -0.4 is 0 Å². The SMILES string of the molecule is FC(F)c1ncc(Cl)c(Cl)c1Br. The van der Waals surface area contributed by atoms with Crippen molar-refractivity contribution in [3.05, 3.63) is 26.4 Å². The third-order valence-corrected chi connectivity index (χ3v) is 2.96. The molecule has 0 aliphatic carbocycles. The molecule has 0 aromatic carbocycles. The minimum atomic E-state index is -2.66. The monoisotopic (exact) mass is 275 g/mol. The van der Waals surface area contributed by atoms with Crippen LogP contribution in [0.5, 0.6) is 0 Å². The molecule has 1 heterocycles. The highest BCUT2D eigenvalue weighted by Crippen LogP contribution is 2.35. The average molecular weight is 277 g/mol. The van der Waals surface area contributed by atoms with Gasteiger partial charge in [0, 0.05) is 6.20 Å². The highest BCUT2D eigenvalue weighted by Gasteiger charge is 2.17. The number of pyridine rings is 1. The summed E-state index contributed by atoms with van der Waals surface area (Å²) in [5, 5.41) is 0.204. The van der Waals surface area contributed by atoms with Gasteiger partial charge >= 0.3 is 0 Å². The van der Waals surface area contributed by atoms with E-state index in [1.807, 2.05) is 0 Å². The summed E-state index contributed by atoms with van der Waals surface area (Å²) in [6.45, 7) is 0. The van der Waals surface area contributed by atoms with Crippen molar-refractivity contribution in [2.24, 2.45) is 0 Å². The largest absolute Gasteiger partial charge is 0.281 e. The Kier molecular flexibility index (Phi) is 3.26. The first-order chi connectivity index (χ1) is 5.54. The Morgan fingerprint density at radius 2 is 2.00 bits per heavy atom. The Hall–Kier alpha value is 0.0700. The quantitative estimate of drug-likeness (QED) is 0.753. The van der Waals surface area contributed by atoms with Crippen molar-refractivity contribution in [2.75, 3.05) is 0 Å². The number of rotatable bonds is 1. The summed E-state index contributed by atoms with van der Waals surface area (Å²) in [6, 6.07) is 0.